The Kier molecular flexibility index (Phi) is 7.71. The Balaban J connectivity index is 2.37. The molecule has 0 saturated carbocycles. The van der Waals surface area contributed by atoms with Crippen LogP contribution in [-0.4, -0.2) is 12.3 Å². The summed E-state index contributed by atoms with van der Waals surface area (Å²) in [4.78, 5) is 11.7. The minimum atomic E-state index is -0.596. The van der Waals surface area contributed by atoms with Crippen LogP contribution in [0.25, 0.3) is 0 Å². The quantitative estimate of drug-likeness (QED) is 0.378. The minimum absolute atomic E-state index is 0.0206. The molecular formula is C16H24O3. The maximum absolute atomic E-state index is 11.7. The van der Waals surface area contributed by atoms with Gasteiger partial charge in [-0.25, -0.2) is 4.79 Å². The zero-order valence-electron chi connectivity index (χ0n) is 11.9. The normalized spacial score (nSPS) is 11.9. The molecule has 0 aliphatic rings. The highest BCUT2D eigenvalue weighted by molar-refractivity contribution is 5.63. The Morgan fingerprint density at radius 1 is 1.05 bits per heavy atom. The first kappa shape index (κ1) is 15.5. The fourth-order valence-corrected chi connectivity index (χ4v) is 1.95. The van der Waals surface area contributed by atoms with Crippen molar-refractivity contribution in [3.63, 3.8) is 0 Å². The monoisotopic (exact) mass is 264 g/mol. The van der Waals surface area contributed by atoms with Crippen LogP contribution in [0.4, 0.5) is 4.79 Å². The Morgan fingerprint density at radius 3 is 2.42 bits per heavy atom. The molecule has 0 N–H and O–H groups in total. The van der Waals surface area contributed by atoms with Gasteiger partial charge in [-0.2, -0.15) is 0 Å². The number of unbranched alkanes of at least 4 members (excludes halogenated alkanes) is 2. The van der Waals surface area contributed by atoms with Gasteiger partial charge in [-0.1, -0.05) is 51.3 Å². The zero-order valence-corrected chi connectivity index (χ0v) is 11.9. The van der Waals surface area contributed by atoms with Crippen LogP contribution in [0.5, 0.6) is 5.75 Å². The molecule has 0 fully saturated rings. The third-order valence-corrected chi connectivity index (χ3v) is 2.95. The lowest BCUT2D eigenvalue weighted by Gasteiger charge is -2.16. The summed E-state index contributed by atoms with van der Waals surface area (Å²) in [5, 5.41) is 0. The predicted octanol–water partition coefficient (Wildman–Crippen LogP) is 4.95. The van der Waals surface area contributed by atoms with E-state index in [4.69, 9.17) is 9.47 Å². The van der Waals surface area contributed by atoms with Crippen molar-refractivity contribution in [3.05, 3.63) is 30.3 Å². The topological polar surface area (TPSA) is 35.5 Å². The Bertz CT molecular complexity index is 348. The van der Waals surface area contributed by atoms with Crippen LogP contribution in [0.2, 0.25) is 0 Å². The van der Waals surface area contributed by atoms with E-state index in [1.165, 1.54) is 12.8 Å². The van der Waals surface area contributed by atoms with E-state index in [2.05, 4.69) is 13.8 Å². The van der Waals surface area contributed by atoms with Gasteiger partial charge in [0.15, 0.2) is 0 Å². The van der Waals surface area contributed by atoms with Gasteiger partial charge in [-0.15, -0.1) is 0 Å². The molecule has 3 nitrogen and oxygen atoms in total. The molecule has 0 aromatic heterocycles. The van der Waals surface area contributed by atoms with Gasteiger partial charge < -0.3 is 9.47 Å². The van der Waals surface area contributed by atoms with E-state index in [1.807, 2.05) is 18.2 Å². The van der Waals surface area contributed by atoms with Gasteiger partial charge in [0.1, 0.15) is 11.9 Å². The summed E-state index contributed by atoms with van der Waals surface area (Å²) in [5.74, 6) is 0.524. The largest absolute Gasteiger partial charge is 0.514 e. The first-order chi connectivity index (χ1) is 9.26. The van der Waals surface area contributed by atoms with Crippen LogP contribution < -0.4 is 4.74 Å². The molecule has 0 heterocycles. The maximum Gasteiger partial charge on any atom is 0.514 e. The van der Waals surface area contributed by atoms with Crippen molar-refractivity contribution >= 4 is 6.16 Å². The molecular weight excluding hydrogens is 240 g/mol. The van der Waals surface area contributed by atoms with E-state index in [-0.39, 0.29) is 6.10 Å². The fourth-order valence-electron chi connectivity index (χ4n) is 1.95. The summed E-state index contributed by atoms with van der Waals surface area (Å²) in [6.45, 7) is 4.26. The van der Waals surface area contributed by atoms with Crippen LogP contribution in [0, 0.1) is 0 Å². The second-order valence-electron chi connectivity index (χ2n) is 4.69. The average molecular weight is 264 g/mol. The lowest BCUT2D eigenvalue weighted by atomic mass is 10.1. The van der Waals surface area contributed by atoms with Crippen LogP contribution in [0.15, 0.2) is 30.3 Å². The third-order valence-electron chi connectivity index (χ3n) is 2.95. The summed E-state index contributed by atoms with van der Waals surface area (Å²) in [6.07, 6.45) is 5.66. The number of hydrogen-bond donors (Lipinski definition) is 0. The Hall–Kier alpha value is -1.51. The average Bonchev–Trinajstić information content (AvgIpc) is 2.40. The summed E-state index contributed by atoms with van der Waals surface area (Å²) in [7, 11) is 0. The van der Waals surface area contributed by atoms with E-state index in [0.717, 1.165) is 25.7 Å². The van der Waals surface area contributed by atoms with Crippen molar-refractivity contribution in [1.29, 1.82) is 0 Å². The number of rotatable bonds is 8. The molecule has 1 aromatic carbocycles. The highest BCUT2D eigenvalue weighted by Crippen LogP contribution is 2.15. The maximum atomic E-state index is 11.7. The second kappa shape index (κ2) is 9.42. The SMILES string of the molecule is CCCCCC(CCC)OC(=O)Oc1ccccc1. The van der Waals surface area contributed by atoms with Crippen molar-refractivity contribution in [2.75, 3.05) is 0 Å². The first-order valence-electron chi connectivity index (χ1n) is 7.19. The van der Waals surface area contributed by atoms with E-state index < -0.39 is 6.16 Å². The van der Waals surface area contributed by atoms with Crippen LogP contribution in [0.1, 0.15) is 52.4 Å². The highest BCUT2D eigenvalue weighted by atomic mass is 16.7. The molecule has 106 valence electrons. The number of ether oxygens (including phenoxy) is 2. The molecule has 0 bridgehead atoms. The van der Waals surface area contributed by atoms with Crippen molar-refractivity contribution < 1.29 is 14.3 Å². The molecule has 1 rings (SSSR count). The molecule has 0 radical (unpaired) electrons. The molecule has 0 amide bonds. The number of carbonyl (C=O) groups excluding carboxylic acids is 1. The Labute approximate surface area is 115 Å². The summed E-state index contributed by atoms with van der Waals surface area (Å²) < 4.78 is 10.5. The van der Waals surface area contributed by atoms with Gasteiger partial charge in [-0.05, 0) is 31.4 Å². The van der Waals surface area contributed by atoms with E-state index >= 15 is 0 Å². The van der Waals surface area contributed by atoms with Gasteiger partial charge >= 0.3 is 6.16 Å². The van der Waals surface area contributed by atoms with E-state index in [1.54, 1.807) is 12.1 Å². The predicted molar refractivity (Wildman–Crippen MR) is 76.4 cm³/mol. The summed E-state index contributed by atoms with van der Waals surface area (Å²) in [5.41, 5.74) is 0. The highest BCUT2D eigenvalue weighted by Gasteiger charge is 2.15. The van der Waals surface area contributed by atoms with Crippen molar-refractivity contribution in [2.45, 2.75) is 58.5 Å². The molecule has 1 aromatic rings. The van der Waals surface area contributed by atoms with Gasteiger partial charge in [0.2, 0.25) is 0 Å². The molecule has 19 heavy (non-hydrogen) atoms. The molecule has 0 aliphatic heterocycles. The van der Waals surface area contributed by atoms with Crippen LogP contribution in [0.3, 0.4) is 0 Å². The minimum Gasteiger partial charge on any atom is -0.431 e. The lowest BCUT2D eigenvalue weighted by Crippen LogP contribution is -2.20. The number of para-hydroxylation sites is 1. The van der Waals surface area contributed by atoms with Crippen molar-refractivity contribution in [3.8, 4) is 5.75 Å². The number of benzene rings is 1. The Morgan fingerprint density at radius 2 is 1.79 bits per heavy atom. The molecule has 1 atom stereocenters. The van der Waals surface area contributed by atoms with Crippen molar-refractivity contribution in [1.82, 2.24) is 0 Å². The third kappa shape index (κ3) is 6.85. The molecule has 1 unspecified atom stereocenters. The van der Waals surface area contributed by atoms with Gasteiger partial charge in [-0.3, -0.25) is 0 Å². The molecule has 0 saturated heterocycles. The van der Waals surface area contributed by atoms with Crippen LogP contribution >= 0.6 is 0 Å². The van der Waals surface area contributed by atoms with Crippen molar-refractivity contribution in [2.24, 2.45) is 0 Å². The smallest absolute Gasteiger partial charge is 0.431 e. The summed E-state index contributed by atoms with van der Waals surface area (Å²) in [6, 6.07) is 9.02. The standard InChI is InChI=1S/C16H24O3/c1-3-5-7-11-14(10-4-2)18-16(17)19-15-12-8-6-9-13-15/h6,8-9,12-14H,3-5,7,10-11H2,1-2H3. The van der Waals surface area contributed by atoms with E-state index in [0.29, 0.717) is 5.75 Å². The second-order valence-corrected chi connectivity index (χ2v) is 4.69. The van der Waals surface area contributed by atoms with Gasteiger partial charge in [0.25, 0.3) is 0 Å². The zero-order chi connectivity index (χ0) is 13.9. The lowest BCUT2D eigenvalue weighted by molar-refractivity contribution is 0.0493. The van der Waals surface area contributed by atoms with E-state index in [9.17, 15) is 4.79 Å². The fraction of sp³-hybridized carbons (Fsp3) is 0.562. The number of hydrogen-bond acceptors (Lipinski definition) is 3. The summed E-state index contributed by atoms with van der Waals surface area (Å²) >= 11 is 0. The first-order valence-corrected chi connectivity index (χ1v) is 7.19. The van der Waals surface area contributed by atoms with Crippen LogP contribution in [-0.2, 0) is 4.74 Å². The van der Waals surface area contributed by atoms with Gasteiger partial charge in [0, 0.05) is 0 Å². The van der Waals surface area contributed by atoms with Gasteiger partial charge in [0.05, 0.1) is 0 Å². The number of carbonyl (C=O) groups is 1. The molecule has 3 heteroatoms. The molecule has 0 spiro atoms. The molecule has 0 aliphatic carbocycles.